The minimum atomic E-state index is -4.45. The first-order valence-electron chi connectivity index (χ1n) is 10.8. The molecule has 0 saturated carbocycles. The number of carbonyl (C=O) groups excluding carboxylic acids is 1. The third-order valence-electron chi connectivity index (χ3n) is 6.51. The van der Waals surface area contributed by atoms with Crippen molar-refractivity contribution in [3.05, 3.63) is 58.2 Å². The SMILES string of the molecule is CC(=O)OC1CCCc2c1ncc1c2C2(CCOCC2)OC1c1ccc(C(F)(F)F)cn1. The molecule has 0 aromatic carbocycles. The van der Waals surface area contributed by atoms with Crippen LogP contribution in [0.25, 0.3) is 0 Å². The third kappa shape index (κ3) is 3.57. The van der Waals surface area contributed by atoms with Crippen molar-refractivity contribution in [1.29, 1.82) is 0 Å². The van der Waals surface area contributed by atoms with Crippen molar-refractivity contribution >= 4 is 5.97 Å². The fourth-order valence-corrected chi connectivity index (χ4v) is 5.13. The Balaban J connectivity index is 1.60. The molecular formula is C23H23F3N2O4. The van der Waals surface area contributed by atoms with E-state index in [4.69, 9.17) is 14.2 Å². The van der Waals surface area contributed by atoms with Gasteiger partial charge in [-0.2, -0.15) is 13.2 Å². The number of rotatable bonds is 2. The molecule has 2 aromatic rings. The topological polar surface area (TPSA) is 70.5 Å². The Hall–Kier alpha value is -2.52. The maximum atomic E-state index is 13.0. The molecule has 1 spiro atoms. The summed E-state index contributed by atoms with van der Waals surface area (Å²) in [4.78, 5) is 20.3. The minimum absolute atomic E-state index is 0.353. The average Bonchev–Trinajstić information content (AvgIpc) is 3.08. The number of alkyl halides is 3. The average molecular weight is 448 g/mol. The summed E-state index contributed by atoms with van der Waals surface area (Å²) in [5.74, 6) is -0.353. The fraction of sp³-hybridized carbons (Fsp3) is 0.522. The van der Waals surface area contributed by atoms with Gasteiger partial charge in [0.15, 0.2) is 0 Å². The van der Waals surface area contributed by atoms with Crippen molar-refractivity contribution in [1.82, 2.24) is 9.97 Å². The van der Waals surface area contributed by atoms with Crippen molar-refractivity contribution in [3.63, 3.8) is 0 Å². The predicted octanol–water partition coefficient (Wildman–Crippen LogP) is 4.56. The lowest BCUT2D eigenvalue weighted by Gasteiger charge is -2.36. The molecule has 2 unspecified atom stereocenters. The molecule has 32 heavy (non-hydrogen) atoms. The molecule has 170 valence electrons. The number of halogens is 3. The van der Waals surface area contributed by atoms with Gasteiger partial charge in [-0.15, -0.1) is 0 Å². The van der Waals surface area contributed by atoms with Gasteiger partial charge in [0, 0.05) is 50.9 Å². The Bertz CT molecular complexity index is 1030. The number of pyridine rings is 2. The Morgan fingerprint density at radius 1 is 1.19 bits per heavy atom. The molecule has 0 amide bonds. The van der Waals surface area contributed by atoms with Gasteiger partial charge in [0.1, 0.15) is 12.2 Å². The van der Waals surface area contributed by atoms with Crippen molar-refractivity contribution in [3.8, 4) is 0 Å². The largest absolute Gasteiger partial charge is 0.456 e. The van der Waals surface area contributed by atoms with Crippen LogP contribution in [0.1, 0.15) is 78.5 Å². The summed E-state index contributed by atoms with van der Waals surface area (Å²) in [5.41, 5.74) is 2.62. The van der Waals surface area contributed by atoms with E-state index in [2.05, 4.69) is 9.97 Å². The monoisotopic (exact) mass is 448 g/mol. The second kappa shape index (κ2) is 7.81. The number of ether oxygens (including phenoxy) is 3. The van der Waals surface area contributed by atoms with Gasteiger partial charge in [-0.3, -0.25) is 14.8 Å². The van der Waals surface area contributed by atoms with Crippen LogP contribution >= 0.6 is 0 Å². The zero-order valence-electron chi connectivity index (χ0n) is 17.6. The molecule has 1 aliphatic carbocycles. The fourth-order valence-electron chi connectivity index (χ4n) is 5.13. The Kier molecular flexibility index (Phi) is 5.21. The molecule has 1 fully saturated rings. The minimum Gasteiger partial charge on any atom is -0.456 e. The zero-order chi connectivity index (χ0) is 22.5. The number of esters is 1. The molecule has 9 heteroatoms. The standard InChI is InChI=1S/C23H23F3N2O4/c1-13(29)31-18-4-2-3-15-19-16(12-28-20(15)18)21(32-22(19)7-9-30-10-8-22)17-6-5-14(11-27-17)23(24,25)26/h5-6,11-12,18,21H,2-4,7-10H2,1H3. The Morgan fingerprint density at radius 2 is 1.97 bits per heavy atom. The van der Waals surface area contributed by atoms with E-state index in [0.29, 0.717) is 38.2 Å². The van der Waals surface area contributed by atoms with Gasteiger partial charge < -0.3 is 14.2 Å². The maximum absolute atomic E-state index is 13.0. The summed E-state index contributed by atoms with van der Waals surface area (Å²) in [6.45, 7) is 2.44. The van der Waals surface area contributed by atoms with Gasteiger partial charge in [0.05, 0.1) is 22.6 Å². The maximum Gasteiger partial charge on any atom is 0.417 e. The van der Waals surface area contributed by atoms with Gasteiger partial charge in [-0.05, 0) is 42.5 Å². The number of hydrogen-bond donors (Lipinski definition) is 0. The number of fused-ring (bicyclic) bond motifs is 4. The van der Waals surface area contributed by atoms with E-state index in [9.17, 15) is 18.0 Å². The summed E-state index contributed by atoms with van der Waals surface area (Å²) in [7, 11) is 0. The molecule has 4 heterocycles. The van der Waals surface area contributed by atoms with E-state index < -0.39 is 29.5 Å². The quantitative estimate of drug-likeness (QED) is 0.628. The van der Waals surface area contributed by atoms with Crippen molar-refractivity contribution < 1.29 is 32.2 Å². The molecular weight excluding hydrogens is 425 g/mol. The van der Waals surface area contributed by atoms with Crippen molar-refractivity contribution in [2.24, 2.45) is 0 Å². The summed E-state index contributed by atoms with van der Waals surface area (Å²) in [6.07, 6.45) is 0.686. The summed E-state index contributed by atoms with van der Waals surface area (Å²) in [5, 5.41) is 0. The van der Waals surface area contributed by atoms with Crippen molar-refractivity contribution in [2.75, 3.05) is 13.2 Å². The van der Waals surface area contributed by atoms with E-state index in [1.165, 1.54) is 13.0 Å². The van der Waals surface area contributed by atoms with Crippen LogP contribution < -0.4 is 0 Å². The van der Waals surface area contributed by atoms with Crippen LogP contribution in [0.4, 0.5) is 13.2 Å². The zero-order valence-corrected chi connectivity index (χ0v) is 17.6. The molecule has 0 bridgehead atoms. The lowest BCUT2D eigenvalue weighted by atomic mass is 9.78. The molecule has 1 saturated heterocycles. The van der Waals surface area contributed by atoms with Gasteiger partial charge in [0.2, 0.25) is 0 Å². The van der Waals surface area contributed by atoms with Crippen LogP contribution in [0, 0.1) is 0 Å². The lowest BCUT2D eigenvalue weighted by Crippen LogP contribution is -2.35. The summed E-state index contributed by atoms with van der Waals surface area (Å²) in [6, 6.07) is 2.40. The van der Waals surface area contributed by atoms with Crippen LogP contribution in [0.2, 0.25) is 0 Å². The van der Waals surface area contributed by atoms with Crippen molar-refractivity contribution in [2.45, 2.75) is 63.0 Å². The van der Waals surface area contributed by atoms with Crippen LogP contribution in [0.5, 0.6) is 0 Å². The number of aromatic nitrogens is 2. The normalized spacial score (nSPS) is 24.1. The number of nitrogens with zero attached hydrogens (tertiary/aromatic N) is 2. The Morgan fingerprint density at radius 3 is 2.62 bits per heavy atom. The smallest absolute Gasteiger partial charge is 0.417 e. The van der Waals surface area contributed by atoms with Crippen LogP contribution in [-0.2, 0) is 37.2 Å². The molecule has 2 aliphatic heterocycles. The number of hydrogen-bond acceptors (Lipinski definition) is 6. The lowest BCUT2D eigenvalue weighted by molar-refractivity contribution is -0.147. The second-order valence-corrected chi connectivity index (χ2v) is 8.52. The molecule has 3 aliphatic rings. The van der Waals surface area contributed by atoms with Gasteiger partial charge >= 0.3 is 12.1 Å². The second-order valence-electron chi connectivity index (χ2n) is 8.52. The molecule has 6 nitrogen and oxygen atoms in total. The first-order valence-corrected chi connectivity index (χ1v) is 10.8. The Labute approximate surface area is 183 Å². The first kappa shape index (κ1) is 21.3. The molecule has 2 atom stereocenters. The molecule has 5 rings (SSSR count). The van der Waals surface area contributed by atoms with Gasteiger partial charge in [-0.25, -0.2) is 0 Å². The van der Waals surface area contributed by atoms with Gasteiger partial charge in [0.25, 0.3) is 0 Å². The molecule has 0 N–H and O–H groups in total. The molecule has 0 radical (unpaired) electrons. The van der Waals surface area contributed by atoms with E-state index in [-0.39, 0.29) is 5.97 Å². The first-order chi connectivity index (χ1) is 15.3. The van der Waals surface area contributed by atoms with E-state index in [0.717, 1.165) is 47.5 Å². The summed E-state index contributed by atoms with van der Waals surface area (Å²) < 4.78 is 56.7. The van der Waals surface area contributed by atoms with Crippen LogP contribution in [-0.4, -0.2) is 29.2 Å². The highest BCUT2D eigenvalue weighted by Gasteiger charge is 2.50. The predicted molar refractivity (Wildman–Crippen MR) is 106 cm³/mol. The molecule has 2 aromatic heterocycles. The number of carbonyl (C=O) groups is 1. The van der Waals surface area contributed by atoms with Gasteiger partial charge in [-0.1, -0.05) is 0 Å². The summed E-state index contributed by atoms with van der Waals surface area (Å²) >= 11 is 0. The van der Waals surface area contributed by atoms with E-state index in [1.54, 1.807) is 6.20 Å². The van der Waals surface area contributed by atoms with Crippen LogP contribution in [0.3, 0.4) is 0 Å². The van der Waals surface area contributed by atoms with Crippen LogP contribution in [0.15, 0.2) is 24.5 Å². The highest BCUT2D eigenvalue weighted by Crippen LogP contribution is 2.54. The van der Waals surface area contributed by atoms with E-state index >= 15 is 0 Å². The van der Waals surface area contributed by atoms with E-state index in [1.807, 2.05) is 0 Å². The highest BCUT2D eigenvalue weighted by molar-refractivity contribution is 5.66. The third-order valence-corrected chi connectivity index (χ3v) is 6.51. The highest BCUT2D eigenvalue weighted by atomic mass is 19.4.